The van der Waals surface area contributed by atoms with E-state index in [0.717, 1.165) is 17.7 Å². The van der Waals surface area contributed by atoms with E-state index in [-0.39, 0.29) is 16.3 Å². The van der Waals surface area contributed by atoms with Gasteiger partial charge in [-0.2, -0.15) is 5.10 Å². The standard InChI is InChI=1S/C21H19FN4O4S/c1-14-6-8-19(15(2)10-14)25-31(29,30)21-12-18(26(27)28)7-9-20(21)24-23-13-16-4-3-5-17(22)11-16/h3-13,24-25H,1-2H3. The smallest absolute Gasteiger partial charge is 0.270 e. The zero-order valence-corrected chi connectivity index (χ0v) is 17.5. The molecule has 0 heterocycles. The van der Waals surface area contributed by atoms with Crippen LogP contribution >= 0.6 is 0 Å². The molecular weight excluding hydrogens is 423 g/mol. The van der Waals surface area contributed by atoms with Gasteiger partial charge in [0.1, 0.15) is 10.7 Å². The summed E-state index contributed by atoms with van der Waals surface area (Å²) in [5.41, 5.74) is 4.67. The van der Waals surface area contributed by atoms with Crippen LogP contribution in [0, 0.1) is 29.8 Å². The molecule has 0 aliphatic rings. The summed E-state index contributed by atoms with van der Waals surface area (Å²) in [5, 5.41) is 15.1. The third-order valence-corrected chi connectivity index (χ3v) is 5.74. The molecule has 10 heteroatoms. The van der Waals surface area contributed by atoms with Gasteiger partial charge in [-0.3, -0.25) is 20.3 Å². The fourth-order valence-corrected chi connectivity index (χ4v) is 4.14. The molecule has 3 rings (SSSR count). The molecule has 3 aromatic carbocycles. The minimum absolute atomic E-state index is 0.0236. The Hall–Kier alpha value is -3.79. The summed E-state index contributed by atoms with van der Waals surface area (Å²) in [6.07, 6.45) is 1.30. The highest BCUT2D eigenvalue weighted by atomic mass is 32.2. The number of nitro groups is 1. The third kappa shape index (κ3) is 5.43. The van der Waals surface area contributed by atoms with Gasteiger partial charge in [-0.15, -0.1) is 0 Å². The van der Waals surface area contributed by atoms with Gasteiger partial charge in [0.15, 0.2) is 0 Å². The normalized spacial score (nSPS) is 11.5. The highest BCUT2D eigenvalue weighted by Gasteiger charge is 2.23. The fraction of sp³-hybridized carbons (Fsp3) is 0.0952. The molecule has 3 aromatic rings. The molecule has 0 unspecified atom stereocenters. The quantitative estimate of drug-likeness (QED) is 0.315. The van der Waals surface area contributed by atoms with Gasteiger partial charge in [0.05, 0.1) is 22.5 Å². The fourth-order valence-electron chi connectivity index (χ4n) is 2.83. The monoisotopic (exact) mass is 442 g/mol. The van der Waals surface area contributed by atoms with Crippen LogP contribution in [0.5, 0.6) is 0 Å². The molecule has 0 atom stereocenters. The Balaban J connectivity index is 1.96. The SMILES string of the molecule is Cc1ccc(NS(=O)(=O)c2cc([N+](=O)[O-])ccc2NN=Cc2cccc(F)c2)c(C)c1. The zero-order valence-electron chi connectivity index (χ0n) is 16.7. The summed E-state index contributed by atoms with van der Waals surface area (Å²) in [6, 6.07) is 14.2. The largest absolute Gasteiger partial charge is 0.279 e. The van der Waals surface area contributed by atoms with E-state index in [0.29, 0.717) is 16.8 Å². The molecule has 31 heavy (non-hydrogen) atoms. The van der Waals surface area contributed by atoms with Gasteiger partial charge in [0.25, 0.3) is 15.7 Å². The minimum Gasteiger partial charge on any atom is -0.279 e. The lowest BCUT2D eigenvalue weighted by molar-refractivity contribution is -0.385. The van der Waals surface area contributed by atoms with Gasteiger partial charge >= 0.3 is 0 Å². The van der Waals surface area contributed by atoms with Crippen molar-refractivity contribution < 1.29 is 17.7 Å². The van der Waals surface area contributed by atoms with E-state index in [4.69, 9.17) is 0 Å². The maximum atomic E-state index is 13.3. The number of aryl methyl sites for hydroxylation is 2. The van der Waals surface area contributed by atoms with Crippen LogP contribution in [0.3, 0.4) is 0 Å². The van der Waals surface area contributed by atoms with Crippen molar-refractivity contribution >= 4 is 33.3 Å². The van der Waals surface area contributed by atoms with Crippen LogP contribution in [0.25, 0.3) is 0 Å². The van der Waals surface area contributed by atoms with E-state index in [1.165, 1.54) is 30.5 Å². The molecule has 0 aromatic heterocycles. The number of benzene rings is 3. The van der Waals surface area contributed by atoms with Crippen molar-refractivity contribution in [2.75, 3.05) is 10.1 Å². The van der Waals surface area contributed by atoms with Crippen molar-refractivity contribution in [3.8, 4) is 0 Å². The number of nitrogens with one attached hydrogen (secondary N) is 2. The van der Waals surface area contributed by atoms with Crippen molar-refractivity contribution in [3.05, 3.63) is 93.3 Å². The lowest BCUT2D eigenvalue weighted by atomic mass is 10.1. The number of anilines is 2. The van der Waals surface area contributed by atoms with Gasteiger partial charge in [-0.25, -0.2) is 12.8 Å². The molecule has 0 amide bonds. The van der Waals surface area contributed by atoms with Crippen LogP contribution in [0.2, 0.25) is 0 Å². The topological polar surface area (TPSA) is 114 Å². The van der Waals surface area contributed by atoms with Gasteiger partial charge in [-0.1, -0.05) is 29.8 Å². The van der Waals surface area contributed by atoms with Crippen molar-refractivity contribution in [2.45, 2.75) is 18.7 Å². The van der Waals surface area contributed by atoms with Crippen molar-refractivity contribution in [1.82, 2.24) is 0 Å². The second-order valence-electron chi connectivity index (χ2n) is 6.79. The second kappa shape index (κ2) is 8.92. The second-order valence-corrected chi connectivity index (χ2v) is 8.44. The predicted octanol–water partition coefficient (Wildman–Crippen LogP) is 4.60. The number of sulfonamides is 1. The van der Waals surface area contributed by atoms with E-state index in [1.807, 2.05) is 13.0 Å². The molecule has 0 fully saturated rings. The van der Waals surface area contributed by atoms with Crippen LogP contribution in [0.1, 0.15) is 16.7 Å². The Morgan fingerprint density at radius 3 is 2.45 bits per heavy atom. The zero-order chi connectivity index (χ0) is 22.6. The number of halogens is 1. The summed E-state index contributed by atoms with van der Waals surface area (Å²) >= 11 is 0. The first-order chi connectivity index (χ1) is 14.7. The molecule has 0 spiro atoms. The highest BCUT2D eigenvalue weighted by Crippen LogP contribution is 2.29. The molecule has 0 aliphatic carbocycles. The molecule has 0 aliphatic heterocycles. The van der Waals surface area contributed by atoms with Crippen LogP contribution in [-0.4, -0.2) is 19.6 Å². The maximum Gasteiger partial charge on any atom is 0.270 e. The Labute approximate surface area is 178 Å². The first-order valence-corrected chi connectivity index (χ1v) is 10.6. The number of nitro benzene ring substituents is 1. The van der Waals surface area contributed by atoms with E-state index >= 15 is 0 Å². The maximum absolute atomic E-state index is 13.3. The number of nitrogens with zero attached hydrogens (tertiary/aromatic N) is 2. The van der Waals surface area contributed by atoms with Crippen LogP contribution in [0.15, 0.2) is 70.7 Å². The van der Waals surface area contributed by atoms with Crippen LogP contribution in [-0.2, 0) is 10.0 Å². The summed E-state index contributed by atoms with van der Waals surface area (Å²) in [5.74, 6) is -0.444. The van der Waals surface area contributed by atoms with E-state index in [9.17, 15) is 22.9 Å². The van der Waals surface area contributed by atoms with Crippen molar-refractivity contribution in [3.63, 3.8) is 0 Å². The molecule has 2 N–H and O–H groups in total. The Bertz CT molecular complexity index is 1280. The molecular formula is C21H19FN4O4S. The van der Waals surface area contributed by atoms with Crippen molar-refractivity contribution in [2.24, 2.45) is 5.10 Å². The number of rotatable bonds is 7. The number of hydrogen-bond donors (Lipinski definition) is 2. The molecule has 0 saturated carbocycles. The Morgan fingerprint density at radius 1 is 1.03 bits per heavy atom. The van der Waals surface area contributed by atoms with E-state index in [2.05, 4.69) is 15.2 Å². The Kier molecular flexibility index (Phi) is 6.30. The summed E-state index contributed by atoms with van der Waals surface area (Å²) < 4.78 is 41.8. The van der Waals surface area contributed by atoms with Crippen LogP contribution in [0.4, 0.5) is 21.5 Å². The minimum atomic E-state index is -4.19. The average Bonchev–Trinajstić information content (AvgIpc) is 2.70. The van der Waals surface area contributed by atoms with Gasteiger partial charge in [0, 0.05) is 12.1 Å². The first-order valence-electron chi connectivity index (χ1n) is 9.09. The third-order valence-electron chi connectivity index (χ3n) is 4.34. The summed E-state index contributed by atoms with van der Waals surface area (Å²) in [6.45, 7) is 3.63. The van der Waals surface area contributed by atoms with Crippen LogP contribution < -0.4 is 10.1 Å². The van der Waals surface area contributed by atoms with E-state index < -0.39 is 20.8 Å². The molecule has 0 saturated heterocycles. The van der Waals surface area contributed by atoms with Gasteiger partial charge < -0.3 is 0 Å². The lowest BCUT2D eigenvalue weighted by Crippen LogP contribution is -2.16. The van der Waals surface area contributed by atoms with Crippen molar-refractivity contribution in [1.29, 1.82) is 0 Å². The number of hydrogen-bond acceptors (Lipinski definition) is 6. The molecule has 160 valence electrons. The summed E-state index contributed by atoms with van der Waals surface area (Å²) in [7, 11) is -4.19. The molecule has 0 radical (unpaired) electrons. The van der Waals surface area contributed by atoms with E-state index in [1.54, 1.807) is 25.1 Å². The van der Waals surface area contributed by atoms with Gasteiger partial charge in [0.2, 0.25) is 0 Å². The highest BCUT2D eigenvalue weighted by molar-refractivity contribution is 7.92. The average molecular weight is 442 g/mol. The first kappa shape index (κ1) is 21.9. The van der Waals surface area contributed by atoms with Gasteiger partial charge in [-0.05, 0) is 49.2 Å². The number of non-ortho nitro benzene ring substituents is 1. The lowest BCUT2D eigenvalue weighted by Gasteiger charge is -2.14. The molecule has 0 bridgehead atoms. The number of hydrazone groups is 1. The Morgan fingerprint density at radius 2 is 1.77 bits per heavy atom. The molecule has 8 nitrogen and oxygen atoms in total. The summed E-state index contributed by atoms with van der Waals surface area (Å²) in [4.78, 5) is 10.1. The predicted molar refractivity (Wildman–Crippen MR) is 117 cm³/mol.